The third-order valence-corrected chi connectivity index (χ3v) is 7.53. The Morgan fingerprint density at radius 2 is 1.89 bits per heavy atom. The van der Waals surface area contributed by atoms with Gasteiger partial charge < -0.3 is 24.0 Å². The summed E-state index contributed by atoms with van der Waals surface area (Å²) in [6, 6.07) is 15.0. The van der Waals surface area contributed by atoms with Gasteiger partial charge in [-0.3, -0.25) is 9.59 Å². The van der Waals surface area contributed by atoms with Gasteiger partial charge in [-0.15, -0.1) is 11.3 Å². The molecule has 0 radical (unpaired) electrons. The van der Waals surface area contributed by atoms with E-state index in [1.165, 1.54) is 4.88 Å². The minimum absolute atomic E-state index is 0.0115. The molecule has 0 spiro atoms. The lowest BCUT2D eigenvalue weighted by atomic mass is 9.93. The maximum absolute atomic E-state index is 13.8. The van der Waals surface area contributed by atoms with E-state index in [9.17, 15) is 9.59 Å². The number of hydrogen-bond acceptors (Lipinski definition) is 6. The van der Waals surface area contributed by atoms with Crippen molar-refractivity contribution in [1.82, 2.24) is 9.80 Å². The van der Waals surface area contributed by atoms with Gasteiger partial charge in [0.2, 0.25) is 12.7 Å². The number of carbonyl (C=O) groups is 2. The second kappa shape index (κ2) is 10.2. The highest BCUT2D eigenvalue weighted by Crippen LogP contribution is 2.38. The highest BCUT2D eigenvalue weighted by Gasteiger charge is 2.34. The third-order valence-electron chi connectivity index (χ3n) is 6.54. The first kappa shape index (κ1) is 24.2. The number of ether oxygens (including phenoxy) is 3. The van der Waals surface area contributed by atoms with Crippen LogP contribution < -0.4 is 14.2 Å². The lowest BCUT2D eigenvalue weighted by Crippen LogP contribution is -2.47. The van der Waals surface area contributed by atoms with E-state index in [-0.39, 0.29) is 37.1 Å². The van der Waals surface area contributed by atoms with E-state index in [2.05, 4.69) is 11.4 Å². The van der Waals surface area contributed by atoms with Crippen LogP contribution >= 0.6 is 11.3 Å². The number of carbonyl (C=O) groups excluding carboxylic acids is 2. The van der Waals surface area contributed by atoms with E-state index < -0.39 is 0 Å². The lowest BCUT2D eigenvalue weighted by Gasteiger charge is -2.38. The summed E-state index contributed by atoms with van der Waals surface area (Å²) in [4.78, 5) is 32.2. The van der Waals surface area contributed by atoms with Crippen molar-refractivity contribution in [2.45, 2.75) is 26.3 Å². The van der Waals surface area contributed by atoms with Gasteiger partial charge >= 0.3 is 0 Å². The normalized spacial score (nSPS) is 16.1. The van der Waals surface area contributed by atoms with Crippen LogP contribution in [-0.4, -0.2) is 55.2 Å². The summed E-state index contributed by atoms with van der Waals surface area (Å²) in [6.07, 6.45) is 0.811. The highest BCUT2D eigenvalue weighted by atomic mass is 32.1. The minimum atomic E-state index is -0.194. The van der Waals surface area contributed by atoms with Gasteiger partial charge in [0, 0.05) is 23.5 Å². The zero-order chi connectivity index (χ0) is 25.2. The SMILES string of the molecule is COc1ccc(C2c3ccsc3CCN2C(=O)CN(CC(C)C)C(=O)c2ccc3c(c2)OCO3)cc1. The first-order valence-electron chi connectivity index (χ1n) is 12.1. The average Bonchev–Trinajstić information content (AvgIpc) is 3.56. The summed E-state index contributed by atoms with van der Waals surface area (Å²) in [5.41, 5.74) is 2.67. The second-order valence-electron chi connectivity index (χ2n) is 9.46. The smallest absolute Gasteiger partial charge is 0.254 e. The van der Waals surface area contributed by atoms with E-state index in [0.717, 1.165) is 23.3 Å². The molecule has 2 amide bonds. The zero-order valence-corrected chi connectivity index (χ0v) is 21.5. The topological polar surface area (TPSA) is 68.3 Å². The Balaban J connectivity index is 1.41. The fraction of sp³-hybridized carbons (Fsp3) is 0.357. The number of hydrogen-bond donors (Lipinski definition) is 0. The van der Waals surface area contributed by atoms with Crippen molar-refractivity contribution in [2.75, 3.05) is 33.5 Å². The maximum atomic E-state index is 13.8. The van der Waals surface area contributed by atoms with Gasteiger partial charge in [0.05, 0.1) is 13.2 Å². The zero-order valence-electron chi connectivity index (χ0n) is 20.7. The van der Waals surface area contributed by atoms with E-state index in [4.69, 9.17) is 14.2 Å². The summed E-state index contributed by atoms with van der Waals surface area (Å²) >= 11 is 1.73. The molecule has 2 aliphatic heterocycles. The van der Waals surface area contributed by atoms with Crippen molar-refractivity contribution in [1.29, 1.82) is 0 Å². The minimum Gasteiger partial charge on any atom is -0.497 e. The van der Waals surface area contributed by atoms with Gasteiger partial charge in [0.25, 0.3) is 5.91 Å². The van der Waals surface area contributed by atoms with E-state index in [1.54, 1.807) is 41.5 Å². The van der Waals surface area contributed by atoms with Crippen LogP contribution in [0.15, 0.2) is 53.9 Å². The quantitative estimate of drug-likeness (QED) is 0.462. The van der Waals surface area contributed by atoms with Crippen LogP contribution in [0.4, 0.5) is 0 Å². The molecular formula is C28H30N2O5S. The Bertz CT molecular complexity index is 1250. The van der Waals surface area contributed by atoms with Gasteiger partial charge in [-0.1, -0.05) is 26.0 Å². The fourth-order valence-electron chi connectivity index (χ4n) is 4.86. The highest BCUT2D eigenvalue weighted by molar-refractivity contribution is 7.10. The summed E-state index contributed by atoms with van der Waals surface area (Å²) in [5.74, 6) is 1.90. The predicted octanol–water partition coefficient (Wildman–Crippen LogP) is 4.76. The fourth-order valence-corrected chi connectivity index (χ4v) is 5.76. The molecular weight excluding hydrogens is 476 g/mol. The van der Waals surface area contributed by atoms with Crippen LogP contribution in [0.1, 0.15) is 46.3 Å². The summed E-state index contributed by atoms with van der Waals surface area (Å²) in [6.45, 7) is 5.33. The van der Waals surface area contributed by atoms with Gasteiger partial charge in [-0.25, -0.2) is 0 Å². The van der Waals surface area contributed by atoms with E-state index >= 15 is 0 Å². The molecule has 5 rings (SSSR count). The molecule has 0 bridgehead atoms. The van der Waals surface area contributed by atoms with Crippen LogP contribution in [0, 0.1) is 5.92 Å². The van der Waals surface area contributed by atoms with Crippen molar-refractivity contribution < 1.29 is 23.8 Å². The predicted molar refractivity (Wildman–Crippen MR) is 138 cm³/mol. The number of benzene rings is 2. The number of fused-ring (bicyclic) bond motifs is 2. The number of rotatable bonds is 7. The molecule has 0 saturated carbocycles. The van der Waals surface area contributed by atoms with Gasteiger partial charge in [-0.05, 0) is 65.2 Å². The first-order chi connectivity index (χ1) is 17.4. The molecule has 0 aliphatic carbocycles. The molecule has 0 fully saturated rings. The number of amides is 2. The molecule has 188 valence electrons. The summed E-state index contributed by atoms with van der Waals surface area (Å²) in [5, 5.41) is 2.09. The van der Waals surface area contributed by atoms with Crippen molar-refractivity contribution in [3.8, 4) is 17.2 Å². The van der Waals surface area contributed by atoms with Crippen molar-refractivity contribution in [2.24, 2.45) is 5.92 Å². The molecule has 0 saturated heterocycles. The molecule has 3 aromatic rings. The Labute approximate surface area is 215 Å². The Morgan fingerprint density at radius 1 is 1.11 bits per heavy atom. The molecule has 0 N–H and O–H groups in total. The van der Waals surface area contributed by atoms with Crippen LogP contribution in [0.2, 0.25) is 0 Å². The molecule has 2 aliphatic rings. The molecule has 8 heteroatoms. The van der Waals surface area contributed by atoms with E-state index in [0.29, 0.717) is 30.2 Å². The van der Waals surface area contributed by atoms with E-state index in [1.807, 2.05) is 43.0 Å². The molecule has 3 heterocycles. The van der Waals surface area contributed by atoms with Gasteiger partial charge in [-0.2, -0.15) is 0 Å². The first-order valence-corrected chi connectivity index (χ1v) is 13.0. The Kier molecular flexibility index (Phi) is 6.87. The molecule has 36 heavy (non-hydrogen) atoms. The van der Waals surface area contributed by atoms with Crippen LogP contribution in [0.25, 0.3) is 0 Å². The standard InChI is InChI=1S/C28H30N2O5S/c1-18(2)15-29(28(32)20-6-9-23-24(14-20)35-17-34-23)16-26(31)30-12-10-25-22(11-13-36-25)27(30)19-4-7-21(33-3)8-5-19/h4-9,11,13-14,18,27H,10,12,15-17H2,1-3H3. The van der Waals surface area contributed by atoms with Crippen LogP contribution in [0.5, 0.6) is 17.2 Å². The van der Waals surface area contributed by atoms with Crippen molar-refractivity contribution >= 4 is 23.2 Å². The van der Waals surface area contributed by atoms with Crippen molar-refractivity contribution in [3.63, 3.8) is 0 Å². The van der Waals surface area contributed by atoms with Gasteiger partial charge in [0.15, 0.2) is 11.5 Å². The molecule has 1 atom stereocenters. The molecule has 1 unspecified atom stereocenters. The van der Waals surface area contributed by atoms with Crippen molar-refractivity contribution in [3.05, 3.63) is 75.5 Å². The Hall–Kier alpha value is -3.52. The largest absolute Gasteiger partial charge is 0.497 e. The van der Waals surface area contributed by atoms with Crippen LogP contribution in [0.3, 0.4) is 0 Å². The summed E-state index contributed by atoms with van der Waals surface area (Å²) < 4.78 is 16.2. The van der Waals surface area contributed by atoms with Gasteiger partial charge in [0.1, 0.15) is 12.3 Å². The Morgan fingerprint density at radius 3 is 2.64 bits per heavy atom. The molecule has 7 nitrogen and oxygen atoms in total. The number of thiophene rings is 1. The summed E-state index contributed by atoms with van der Waals surface area (Å²) in [7, 11) is 1.64. The molecule has 1 aromatic heterocycles. The second-order valence-corrected chi connectivity index (χ2v) is 10.5. The van der Waals surface area contributed by atoms with Crippen LogP contribution in [-0.2, 0) is 11.2 Å². The average molecular weight is 507 g/mol. The monoisotopic (exact) mass is 506 g/mol. The maximum Gasteiger partial charge on any atom is 0.254 e. The molecule has 2 aromatic carbocycles. The lowest BCUT2D eigenvalue weighted by molar-refractivity contribution is -0.134. The number of methoxy groups -OCH3 is 1. The number of nitrogens with zero attached hydrogens (tertiary/aromatic N) is 2. The third kappa shape index (κ3) is 4.78.